The number of alkyl halides is 1. The van der Waals surface area contributed by atoms with Gasteiger partial charge in [0.25, 0.3) is 0 Å². The molecule has 1 unspecified atom stereocenters. The maximum Gasteiger partial charge on any atom is 0.192 e. The summed E-state index contributed by atoms with van der Waals surface area (Å²) in [5, 5.41) is 0.434. The normalized spacial score (nSPS) is 34.0. The fourth-order valence-corrected chi connectivity index (χ4v) is 5.42. The van der Waals surface area contributed by atoms with E-state index in [9.17, 15) is 0 Å². The molecule has 0 aromatic heterocycles. The summed E-state index contributed by atoms with van der Waals surface area (Å²) in [6.45, 7) is 15.8. The Labute approximate surface area is 139 Å². The van der Waals surface area contributed by atoms with E-state index < -0.39 is 14.1 Å². The van der Waals surface area contributed by atoms with Crippen LogP contribution in [-0.4, -0.2) is 49.3 Å². The second kappa shape index (κ2) is 5.99. The molecule has 0 amide bonds. The van der Waals surface area contributed by atoms with Crippen molar-refractivity contribution in [2.75, 3.05) is 12.4 Å². The molecule has 2 fully saturated rings. The molecule has 124 valence electrons. The van der Waals surface area contributed by atoms with Crippen molar-refractivity contribution in [2.24, 2.45) is 0 Å². The third-order valence-corrected chi connectivity index (χ3v) is 11.3. The van der Waals surface area contributed by atoms with Crippen molar-refractivity contribution in [3.63, 3.8) is 0 Å². The molecule has 0 aromatic rings. The van der Waals surface area contributed by atoms with Crippen molar-refractivity contribution in [3.05, 3.63) is 0 Å². The van der Waals surface area contributed by atoms with E-state index in [2.05, 4.69) is 33.9 Å². The van der Waals surface area contributed by atoms with Crippen LogP contribution in [0.3, 0.4) is 0 Å². The molecular weight excluding hydrogens is 324 g/mol. The second-order valence-electron chi connectivity index (χ2n) is 8.02. The second-order valence-corrected chi connectivity index (χ2v) is 14.6. The Morgan fingerprint density at radius 2 is 1.95 bits per heavy atom. The van der Waals surface area contributed by atoms with Crippen LogP contribution in [0.4, 0.5) is 0 Å². The van der Waals surface area contributed by atoms with Crippen LogP contribution in [0.5, 0.6) is 0 Å². The summed E-state index contributed by atoms with van der Waals surface area (Å²) in [6, 6.07) is 0. The van der Waals surface area contributed by atoms with Crippen molar-refractivity contribution in [3.8, 4) is 0 Å². The largest absolute Gasteiger partial charge is 0.415 e. The lowest BCUT2D eigenvalue weighted by Crippen LogP contribution is -2.44. The van der Waals surface area contributed by atoms with Crippen LogP contribution >= 0.6 is 23.4 Å². The molecule has 6 heteroatoms. The highest BCUT2D eigenvalue weighted by Crippen LogP contribution is 2.44. The summed E-state index contributed by atoms with van der Waals surface area (Å²) >= 11 is 8.50. The number of fused-ring (bicyclic) bond motifs is 1. The standard InChI is InChI=1S/C15H29ClO3SSi/c1-14(2,3)21(6,7)17-8-10(16)13-12-11(9-20-13)18-15(4,5)19-12/h10-13H,8-9H2,1-7H3/t10?,11-,12-,13+/m1/s1. The monoisotopic (exact) mass is 352 g/mol. The Balaban J connectivity index is 1.91. The van der Waals surface area contributed by atoms with Gasteiger partial charge < -0.3 is 13.9 Å². The molecule has 2 aliphatic rings. The molecule has 0 radical (unpaired) electrons. The smallest absolute Gasteiger partial charge is 0.192 e. The van der Waals surface area contributed by atoms with E-state index in [4.69, 9.17) is 25.5 Å². The number of ether oxygens (including phenoxy) is 2. The molecule has 0 aromatic carbocycles. The molecule has 2 heterocycles. The summed E-state index contributed by atoms with van der Waals surface area (Å²) in [7, 11) is -1.75. The number of hydrogen-bond acceptors (Lipinski definition) is 4. The topological polar surface area (TPSA) is 27.7 Å². The molecule has 2 rings (SSSR count). The number of hydrogen-bond donors (Lipinski definition) is 0. The first-order valence-electron chi connectivity index (χ1n) is 7.68. The van der Waals surface area contributed by atoms with Crippen LogP contribution in [0.2, 0.25) is 18.1 Å². The van der Waals surface area contributed by atoms with Gasteiger partial charge in [-0.25, -0.2) is 0 Å². The maximum absolute atomic E-state index is 6.64. The molecule has 0 N–H and O–H groups in total. The highest BCUT2D eigenvalue weighted by molar-refractivity contribution is 8.00. The fourth-order valence-electron chi connectivity index (χ4n) is 2.48. The first-order valence-corrected chi connectivity index (χ1v) is 12.1. The first kappa shape index (κ1) is 18.1. The average molecular weight is 353 g/mol. The Bertz CT molecular complexity index is 384. The third-order valence-electron chi connectivity index (χ3n) is 4.76. The fraction of sp³-hybridized carbons (Fsp3) is 1.00. The van der Waals surface area contributed by atoms with E-state index >= 15 is 0 Å². The predicted octanol–water partition coefficient (Wildman–Crippen LogP) is 4.25. The Morgan fingerprint density at radius 1 is 1.33 bits per heavy atom. The molecule has 0 saturated carbocycles. The van der Waals surface area contributed by atoms with Crippen molar-refractivity contribution in [1.29, 1.82) is 0 Å². The summed E-state index contributed by atoms with van der Waals surface area (Å²) in [6.07, 6.45) is 0.264. The van der Waals surface area contributed by atoms with Gasteiger partial charge in [-0.15, -0.1) is 11.6 Å². The van der Waals surface area contributed by atoms with Crippen LogP contribution < -0.4 is 0 Å². The van der Waals surface area contributed by atoms with Crippen LogP contribution in [0, 0.1) is 0 Å². The third kappa shape index (κ3) is 3.99. The number of rotatable bonds is 4. The van der Waals surface area contributed by atoms with Crippen molar-refractivity contribution in [2.45, 2.75) is 81.4 Å². The predicted molar refractivity (Wildman–Crippen MR) is 92.9 cm³/mol. The molecule has 3 nitrogen and oxygen atoms in total. The SMILES string of the molecule is CC1(C)O[C@@H]2[C@@H](CS[C@H]2C(Cl)CO[Si](C)(C)C(C)(C)C)O1. The zero-order chi connectivity index (χ0) is 16.1. The van der Waals surface area contributed by atoms with Crippen LogP contribution in [-0.2, 0) is 13.9 Å². The van der Waals surface area contributed by atoms with Crippen molar-refractivity contribution >= 4 is 31.7 Å². The van der Waals surface area contributed by atoms with Gasteiger partial charge in [-0.1, -0.05) is 20.8 Å². The van der Waals surface area contributed by atoms with Crippen LogP contribution in [0.25, 0.3) is 0 Å². The molecule has 21 heavy (non-hydrogen) atoms. The summed E-state index contributed by atoms with van der Waals surface area (Å²) in [5.41, 5.74) is 0. The molecule has 2 saturated heterocycles. The average Bonchev–Trinajstić information content (AvgIpc) is 2.79. The molecule has 0 bridgehead atoms. The highest BCUT2D eigenvalue weighted by atomic mass is 35.5. The number of thioether (sulfide) groups is 1. The summed E-state index contributed by atoms with van der Waals surface area (Å²) in [4.78, 5) is 0. The highest BCUT2D eigenvalue weighted by Gasteiger charge is 2.51. The van der Waals surface area contributed by atoms with E-state index in [1.165, 1.54) is 0 Å². The molecule has 0 spiro atoms. The van der Waals surface area contributed by atoms with Gasteiger partial charge in [0.1, 0.15) is 6.10 Å². The van der Waals surface area contributed by atoms with E-state index in [-0.39, 0.29) is 27.9 Å². The van der Waals surface area contributed by atoms with Crippen LogP contribution in [0.15, 0.2) is 0 Å². The van der Waals surface area contributed by atoms with E-state index in [1.54, 1.807) is 0 Å². The van der Waals surface area contributed by atoms with Gasteiger partial charge in [-0.2, -0.15) is 11.8 Å². The van der Waals surface area contributed by atoms with E-state index in [0.717, 1.165) is 5.75 Å². The maximum atomic E-state index is 6.64. The van der Waals surface area contributed by atoms with E-state index in [0.29, 0.717) is 6.61 Å². The van der Waals surface area contributed by atoms with Gasteiger partial charge in [0.2, 0.25) is 0 Å². The molecule has 2 aliphatic heterocycles. The van der Waals surface area contributed by atoms with Gasteiger partial charge in [0.05, 0.1) is 23.3 Å². The van der Waals surface area contributed by atoms with E-state index in [1.807, 2.05) is 25.6 Å². The minimum absolute atomic E-state index is 0.0309. The van der Waals surface area contributed by atoms with Crippen molar-refractivity contribution < 1.29 is 13.9 Å². The summed E-state index contributed by atoms with van der Waals surface area (Å²) in [5.74, 6) is 0.480. The quantitative estimate of drug-likeness (QED) is 0.558. The lowest BCUT2D eigenvalue weighted by atomic mass is 10.1. The minimum atomic E-state index is -1.75. The Kier molecular flexibility index (Phi) is 5.15. The first-order chi connectivity index (χ1) is 9.43. The Hall–Kier alpha value is 0.737. The van der Waals surface area contributed by atoms with Gasteiger partial charge in [0, 0.05) is 5.75 Å². The summed E-state index contributed by atoms with van der Waals surface area (Å²) < 4.78 is 18.2. The lowest BCUT2D eigenvalue weighted by molar-refractivity contribution is -0.145. The van der Waals surface area contributed by atoms with Crippen LogP contribution in [0.1, 0.15) is 34.6 Å². The molecular formula is C15H29ClO3SSi. The Morgan fingerprint density at radius 3 is 2.52 bits per heavy atom. The van der Waals surface area contributed by atoms with Crippen molar-refractivity contribution in [1.82, 2.24) is 0 Å². The van der Waals surface area contributed by atoms with Gasteiger partial charge in [-0.05, 0) is 32.0 Å². The molecule has 0 aliphatic carbocycles. The lowest BCUT2D eigenvalue weighted by Gasteiger charge is -2.37. The minimum Gasteiger partial charge on any atom is -0.415 e. The number of halogens is 1. The zero-order valence-corrected chi connectivity index (χ0v) is 16.8. The van der Waals surface area contributed by atoms with Gasteiger partial charge in [-0.3, -0.25) is 0 Å². The zero-order valence-electron chi connectivity index (χ0n) is 14.2. The molecule has 4 atom stereocenters. The van der Waals surface area contributed by atoms with Gasteiger partial charge >= 0.3 is 0 Å². The van der Waals surface area contributed by atoms with Gasteiger partial charge in [0.15, 0.2) is 14.1 Å².